The lowest BCUT2D eigenvalue weighted by atomic mass is 9.91. The van der Waals surface area contributed by atoms with E-state index in [-0.39, 0.29) is 42.6 Å². The van der Waals surface area contributed by atoms with E-state index in [0.29, 0.717) is 31.2 Å². The summed E-state index contributed by atoms with van der Waals surface area (Å²) in [5.74, 6) is -0.265. The lowest BCUT2D eigenvalue weighted by Gasteiger charge is -2.32. The first-order valence-corrected chi connectivity index (χ1v) is 14.0. The largest absolute Gasteiger partial charge is 0.381 e. The summed E-state index contributed by atoms with van der Waals surface area (Å²) in [5, 5.41) is 9.63. The monoisotopic (exact) mass is 543 g/mol. The molecule has 0 saturated carbocycles. The van der Waals surface area contributed by atoms with Gasteiger partial charge in [-0.3, -0.25) is 14.4 Å². The fourth-order valence-electron chi connectivity index (χ4n) is 4.58. The Hall–Kier alpha value is -2.82. The second-order valence-electron chi connectivity index (χ2n) is 10.6. The van der Waals surface area contributed by atoms with Gasteiger partial charge in [-0.05, 0) is 56.5 Å². The number of ether oxygens (including phenoxy) is 1. The molecule has 10 heteroatoms. The van der Waals surface area contributed by atoms with E-state index >= 15 is 0 Å². The quantitative estimate of drug-likeness (QED) is 0.355. The normalized spacial score (nSPS) is 15.9. The van der Waals surface area contributed by atoms with Crippen molar-refractivity contribution in [3.8, 4) is 0 Å². The predicted molar refractivity (Wildman–Crippen MR) is 151 cm³/mol. The number of aromatic nitrogens is 1. The van der Waals surface area contributed by atoms with Gasteiger partial charge in [0.15, 0.2) is 0 Å². The molecule has 3 N–H and O–H groups in total. The molecule has 1 fully saturated rings. The summed E-state index contributed by atoms with van der Waals surface area (Å²) >= 11 is 1.54. The van der Waals surface area contributed by atoms with Gasteiger partial charge in [0.25, 0.3) is 0 Å². The smallest absolute Gasteiger partial charge is 0.247 e. The number of nitrogens with zero attached hydrogens (tertiary/aromatic N) is 2. The maximum Gasteiger partial charge on any atom is 0.247 e. The number of benzene rings is 1. The van der Waals surface area contributed by atoms with Gasteiger partial charge in [-0.15, -0.1) is 11.3 Å². The van der Waals surface area contributed by atoms with Gasteiger partial charge in [0.1, 0.15) is 6.04 Å². The summed E-state index contributed by atoms with van der Waals surface area (Å²) in [6.45, 7) is 11.5. The summed E-state index contributed by atoms with van der Waals surface area (Å²) in [5.41, 5.74) is 2.58. The first kappa shape index (κ1) is 29.7. The Bertz CT molecular complexity index is 1140. The van der Waals surface area contributed by atoms with E-state index in [2.05, 4.69) is 48.5 Å². The summed E-state index contributed by atoms with van der Waals surface area (Å²) in [6, 6.07) is 5.14. The third-order valence-electron chi connectivity index (χ3n) is 6.67. The molecule has 3 amide bonds. The maximum atomic E-state index is 13.5. The molecule has 208 valence electrons. The van der Waals surface area contributed by atoms with Crippen LogP contribution in [-0.2, 0) is 25.5 Å². The highest BCUT2D eigenvalue weighted by atomic mass is 32.1. The minimum absolute atomic E-state index is 0.144. The van der Waals surface area contributed by atoms with E-state index < -0.39 is 6.04 Å². The summed E-state index contributed by atoms with van der Waals surface area (Å²) in [4.78, 5) is 44.7. The highest BCUT2D eigenvalue weighted by molar-refractivity contribution is 7.18. The van der Waals surface area contributed by atoms with Crippen LogP contribution < -0.4 is 16.0 Å². The second-order valence-corrected chi connectivity index (χ2v) is 11.7. The van der Waals surface area contributed by atoms with E-state index in [9.17, 15) is 14.4 Å². The van der Waals surface area contributed by atoms with Gasteiger partial charge in [-0.1, -0.05) is 26.5 Å². The van der Waals surface area contributed by atoms with Crippen LogP contribution in [0.15, 0.2) is 30.4 Å². The van der Waals surface area contributed by atoms with Crippen molar-refractivity contribution in [3.63, 3.8) is 0 Å². The third kappa shape index (κ3) is 8.61. The van der Waals surface area contributed by atoms with Crippen molar-refractivity contribution in [2.45, 2.75) is 58.0 Å². The van der Waals surface area contributed by atoms with Gasteiger partial charge in [0.2, 0.25) is 17.7 Å². The molecule has 2 atom stereocenters. The van der Waals surface area contributed by atoms with Crippen LogP contribution in [0.3, 0.4) is 0 Å². The highest BCUT2D eigenvalue weighted by Gasteiger charge is 2.30. The molecule has 1 aliphatic heterocycles. The van der Waals surface area contributed by atoms with E-state index in [0.717, 1.165) is 28.1 Å². The third-order valence-corrected chi connectivity index (χ3v) is 7.71. The van der Waals surface area contributed by atoms with Crippen LogP contribution in [0.4, 0.5) is 0 Å². The molecule has 0 aliphatic carbocycles. The number of carbonyl (C=O) groups is 3. The second kappa shape index (κ2) is 13.8. The van der Waals surface area contributed by atoms with E-state index in [4.69, 9.17) is 9.72 Å². The predicted octanol–water partition coefficient (Wildman–Crippen LogP) is 2.61. The first-order valence-electron chi connectivity index (χ1n) is 13.2. The Morgan fingerprint density at radius 2 is 1.89 bits per heavy atom. The number of carbonyl (C=O) groups excluding carboxylic acids is 3. The number of thiazole rings is 1. The van der Waals surface area contributed by atoms with Crippen molar-refractivity contribution in [2.75, 3.05) is 40.4 Å². The SMILES string of the molecule is C=C(CN(C)C)C(=O)NC[C@@H](NC(=O)[C@H](Cc1nc2ccc(C(C)C)cc2s1)NC(C)=O)C1CCOCC1. The van der Waals surface area contributed by atoms with Gasteiger partial charge in [0.05, 0.1) is 15.2 Å². The molecule has 2 aromatic rings. The molecule has 2 heterocycles. The Morgan fingerprint density at radius 3 is 2.53 bits per heavy atom. The topological polar surface area (TPSA) is 113 Å². The van der Waals surface area contributed by atoms with Crippen molar-refractivity contribution in [1.29, 1.82) is 0 Å². The summed E-state index contributed by atoms with van der Waals surface area (Å²) < 4.78 is 6.57. The molecule has 0 unspecified atom stereocenters. The molecule has 3 rings (SSSR count). The zero-order valence-electron chi connectivity index (χ0n) is 23.1. The van der Waals surface area contributed by atoms with Gasteiger partial charge in [-0.2, -0.15) is 0 Å². The molecule has 0 spiro atoms. The molecular weight excluding hydrogens is 502 g/mol. The lowest BCUT2D eigenvalue weighted by molar-refractivity contribution is -0.129. The Kier molecular flexibility index (Phi) is 10.8. The fraction of sp³-hybridized carbons (Fsp3) is 0.571. The van der Waals surface area contributed by atoms with E-state index in [1.807, 2.05) is 25.1 Å². The summed E-state index contributed by atoms with van der Waals surface area (Å²) in [6.07, 6.45) is 1.84. The Morgan fingerprint density at radius 1 is 1.18 bits per heavy atom. The van der Waals surface area contributed by atoms with Crippen LogP contribution >= 0.6 is 11.3 Å². The zero-order valence-corrected chi connectivity index (χ0v) is 24.0. The molecule has 1 aliphatic rings. The number of amides is 3. The number of likely N-dealkylation sites (N-methyl/N-ethyl adjacent to an activating group) is 1. The van der Waals surface area contributed by atoms with Gasteiger partial charge in [0, 0.05) is 51.3 Å². The van der Waals surface area contributed by atoms with Gasteiger partial charge in [-0.25, -0.2) is 4.98 Å². The van der Waals surface area contributed by atoms with Gasteiger partial charge >= 0.3 is 0 Å². The molecule has 1 aromatic carbocycles. The van der Waals surface area contributed by atoms with Crippen molar-refractivity contribution in [1.82, 2.24) is 25.8 Å². The minimum atomic E-state index is -0.778. The van der Waals surface area contributed by atoms with Crippen LogP contribution in [0.1, 0.15) is 50.1 Å². The summed E-state index contributed by atoms with van der Waals surface area (Å²) in [7, 11) is 3.75. The van der Waals surface area contributed by atoms with Crippen molar-refractivity contribution < 1.29 is 19.1 Å². The van der Waals surface area contributed by atoms with Crippen molar-refractivity contribution in [3.05, 3.63) is 40.9 Å². The number of hydrogen-bond donors (Lipinski definition) is 3. The Balaban J connectivity index is 1.74. The molecular formula is C28H41N5O4S. The molecule has 1 aromatic heterocycles. The molecule has 1 saturated heterocycles. The van der Waals surface area contributed by atoms with Crippen LogP contribution in [0.5, 0.6) is 0 Å². The lowest BCUT2D eigenvalue weighted by Crippen LogP contribution is -2.55. The van der Waals surface area contributed by atoms with Crippen LogP contribution in [0, 0.1) is 5.92 Å². The van der Waals surface area contributed by atoms with E-state index in [1.165, 1.54) is 12.5 Å². The average molecular weight is 544 g/mol. The standard InChI is InChI=1S/C28H41N5O4S/c1-17(2)21-7-8-22-25(13-21)38-26(31-22)14-23(30-19(4)34)28(36)32-24(20-9-11-37-12-10-20)15-29-27(35)18(3)16-33(5)6/h7-8,13,17,20,23-24H,3,9-12,14-16H2,1-2,4-6H3,(H,29,35)(H,30,34)(H,32,36)/t23-,24+/m0/s1. The van der Waals surface area contributed by atoms with Crippen molar-refractivity contribution >= 4 is 39.3 Å². The molecule has 0 radical (unpaired) electrons. The molecule has 38 heavy (non-hydrogen) atoms. The maximum absolute atomic E-state index is 13.5. The minimum Gasteiger partial charge on any atom is -0.381 e. The van der Waals surface area contributed by atoms with E-state index in [1.54, 1.807) is 11.3 Å². The number of fused-ring (bicyclic) bond motifs is 1. The fourth-order valence-corrected chi connectivity index (χ4v) is 5.64. The number of hydrogen-bond acceptors (Lipinski definition) is 7. The molecule has 9 nitrogen and oxygen atoms in total. The Labute approximate surface area is 229 Å². The van der Waals surface area contributed by atoms with Crippen LogP contribution in [0.25, 0.3) is 10.2 Å². The zero-order chi connectivity index (χ0) is 27.8. The first-order chi connectivity index (χ1) is 18.0. The number of rotatable bonds is 12. The molecule has 0 bridgehead atoms. The average Bonchev–Trinajstić information content (AvgIpc) is 3.27. The van der Waals surface area contributed by atoms with Crippen LogP contribution in [0.2, 0.25) is 0 Å². The van der Waals surface area contributed by atoms with Crippen LogP contribution in [-0.4, -0.2) is 80.1 Å². The van der Waals surface area contributed by atoms with Crippen molar-refractivity contribution in [2.24, 2.45) is 5.92 Å². The number of nitrogens with one attached hydrogen (secondary N) is 3. The highest BCUT2D eigenvalue weighted by Crippen LogP contribution is 2.27. The van der Waals surface area contributed by atoms with Gasteiger partial charge < -0.3 is 25.6 Å².